The minimum atomic E-state index is -1.03. The van der Waals surface area contributed by atoms with E-state index in [1.54, 1.807) is 18.3 Å². The lowest BCUT2D eigenvalue weighted by molar-refractivity contribution is 0.0690. The summed E-state index contributed by atoms with van der Waals surface area (Å²) in [4.78, 5) is 18.9. The monoisotopic (exact) mass is 261 g/mol. The summed E-state index contributed by atoms with van der Waals surface area (Å²) >= 11 is 0. The van der Waals surface area contributed by atoms with Crippen LogP contribution in [0, 0.1) is 0 Å². The zero-order valence-electron chi connectivity index (χ0n) is 10.6. The van der Waals surface area contributed by atoms with E-state index in [1.165, 1.54) is 6.07 Å². The van der Waals surface area contributed by atoms with Crippen molar-refractivity contribution in [3.63, 3.8) is 0 Å². The number of aryl methyl sites for hydroxylation is 1. The lowest BCUT2D eigenvalue weighted by Gasteiger charge is -2.02. The minimum Gasteiger partial charge on any atom is -0.477 e. The smallest absolute Gasteiger partial charge is 0.354 e. The van der Waals surface area contributed by atoms with Crippen LogP contribution in [0.4, 0.5) is 0 Å². The van der Waals surface area contributed by atoms with Crippen LogP contribution < -0.4 is 5.32 Å². The predicted molar refractivity (Wildman–Crippen MR) is 67.6 cm³/mol. The molecule has 2 aromatic rings. The van der Waals surface area contributed by atoms with E-state index in [2.05, 4.69) is 15.3 Å². The Morgan fingerprint density at radius 3 is 2.95 bits per heavy atom. The van der Waals surface area contributed by atoms with E-state index in [0.717, 1.165) is 12.2 Å². The first kappa shape index (κ1) is 13.2. The van der Waals surface area contributed by atoms with Crippen molar-refractivity contribution in [3.05, 3.63) is 47.4 Å². The average molecular weight is 261 g/mol. The van der Waals surface area contributed by atoms with Crippen LogP contribution in [0.15, 0.2) is 28.8 Å². The highest BCUT2D eigenvalue weighted by atomic mass is 16.4. The van der Waals surface area contributed by atoms with Crippen LogP contribution in [0.2, 0.25) is 0 Å². The van der Waals surface area contributed by atoms with E-state index in [0.29, 0.717) is 24.7 Å². The number of aromatic nitrogens is 2. The molecule has 0 aromatic carbocycles. The number of nitrogens with zero attached hydrogens (tertiary/aromatic N) is 2. The second-order valence-corrected chi connectivity index (χ2v) is 4.00. The molecule has 0 amide bonds. The molecule has 2 N–H and O–H groups in total. The third kappa shape index (κ3) is 3.62. The highest BCUT2D eigenvalue weighted by molar-refractivity contribution is 5.85. The zero-order valence-corrected chi connectivity index (χ0v) is 10.6. The summed E-state index contributed by atoms with van der Waals surface area (Å²) in [6.07, 6.45) is 2.52. The summed E-state index contributed by atoms with van der Waals surface area (Å²) in [6.45, 7) is 2.95. The Hall–Kier alpha value is -2.21. The molecule has 0 saturated carbocycles. The van der Waals surface area contributed by atoms with Crippen molar-refractivity contribution in [2.75, 3.05) is 0 Å². The standard InChI is InChI=1S/C13H15N3O3/c1-2-10-7-15-12(19-10)8-14-6-9-4-3-5-11(16-9)13(17)18/h3-5,7,14H,2,6,8H2,1H3,(H,17,18). The van der Waals surface area contributed by atoms with Gasteiger partial charge in [-0.05, 0) is 12.1 Å². The first-order chi connectivity index (χ1) is 9.19. The fourth-order valence-electron chi connectivity index (χ4n) is 1.59. The molecule has 0 fully saturated rings. The molecule has 0 saturated heterocycles. The van der Waals surface area contributed by atoms with Crippen LogP contribution >= 0.6 is 0 Å². The molecule has 0 aliphatic rings. The summed E-state index contributed by atoms with van der Waals surface area (Å²) < 4.78 is 5.44. The highest BCUT2D eigenvalue weighted by Gasteiger charge is 2.06. The number of carboxylic acid groups (broad SMARTS) is 1. The van der Waals surface area contributed by atoms with Gasteiger partial charge >= 0.3 is 5.97 Å². The van der Waals surface area contributed by atoms with E-state index >= 15 is 0 Å². The van der Waals surface area contributed by atoms with Gasteiger partial charge in [-0.3, -0.25) is 0 Å². The quantitative estimate of drug-likeness (QED) is 0.821. The molecule has 19 heavy (non-hydrogen) atoms. The molecule has 100 valence electrons. The Kier molecular flexibility index (Phi) is 4.25. The largest absolute Gasteiger partial charge is 0.477 e. The van der Waals surface area contributed by atoms with E-state index in [4.69, 9.17) is 9.52 Å². The number of hydrogen-bond acceptors (Lipinski definition) is 5. The molecule has 6 heteroatoms. The number of oxazole rings is 1. The third-order valence-electron chi connectivity index (χ3n) is 2.56. The van der Waals surface area contributed by atoms with Crippen LogP contribution in [0.1, 0.15) is 34.8 Å². The summed E-state index contributed by atoms with van der Waals surface area (Å²) in [5.41, 5.74) is 0.714. The highest BCUT2D eigenvalue weighted by Crippen LogP contribution is 2.04. The Morgan fingerprint density at radius 1 is 1.42 bits per heavy atom. The molecular formula is C13H15N3O3. The lowest BCUT2D eigenvalue weighted by Crippen LogP contribution is -2.15. The van der Waals surface area contributed by atoms with Gasteiger partial charge in [0.2, 0.25) is 5.89 Å². The Balaban J connectivity index is 1.88. The number of rotatable bonds is 6. The van der Waals surface area contributed by atoms with E-state index in [1.807, 2.05) is 6.92 Å². The van der Waals surface area contributed by atoms with Crippen molar-refractivity contribution in [1.82, 2.24) is 15.3 Å². The van der Waals surface area contributed by atoms with Crippen molar-refractivity contribution in [1.29, 1.82) is 0 Å². The van der Waals surface area contributed by atoms with Gasteiger partial charge in [0.25, 0.3) is 0 Å². The maximum atomic E-state index is 10.8. The van der Waals surface area contributed by atoms with Gasteiger partial charge < -0.3 is 14.8 Å². The Labute approximate surface area is 110 Å². The molecular weight excluding hydrogens is 246 g/mol. The normalized spacial score (nSPS) is 10.6. The number of hydrogen-bond donors (Lipinski definition) is 2. The van der Waals surface area contributed by atoms with Crippen LogP contribution in [0.25, 0.3) is 0 Å². The molecule has 0 spiro atoms. The van der Waals surface area contributed by atoms with Crippen LogP contribution in [0.3, 0.4) is 0 Å². The third-order valence-corrected chi connectivity index (χ3v) is 2.56. The number of nitrogens with one attached hydrogen (secondary N) is 1. The topological polar surface area (TPSA) is 88.2 Å². The molecule has 2 rings (SSSR count). The molecule has 2 heterocycles. The fourth-order valence-corrected chi connectivity index (χ4v) is 1.59. The molecule has 0 atom stereocenters. The SMILES string of the molecule is CCc1cnc(CNCc2cccc(C(=O)O)n2)o1. The molecule has 0 bridgehead atoms. The summed E-state index contributed by atoms with van der Waals surface area (Å²) in [6, 6.07) is 4.91. The van der Waals surface area contributed by atoms with Crippen molar-refractivity contribution < 1.29 is 14.3 Å². The second kappa shape index (κ2) is 6.10. The van der Waals surface area contributed by atoms with Gasteiger partial charge in [0.1, 0.15) is 11.5 Å². The van der Waals surface area contributed by atoms with Gasteiger partial charge in [-0.15, -0.1) is 0 Å². The van der Waals surface area contributed by atoms with Gasteiger partial charge in [-0.1, -0.05) is 13.0 Å². The first-order valence-electron chi connectivity index (χ1n) is 6.02. The van der Waals surface area contributed by atoms with Crippen molar-refractivity contribution >= 4 is 5.97 Å². The van der Waals surface area contributed by atoms with E-state index in [-0.39, 0.29) is 5.69 Å². The van der Waals surface area contributed by atoms with Crippen LogP contribution in [-0.2, 0) is 19.5 Å². The van der Waals surface area contributed by atoms with Crippen molar-refractivity contribution in [3.8, 4) is 0 Å². The van der Waals surface area contributed by atoms with Gasteiger partial charge in [-0.2, -0.15) is 0 Å². The Bertz CT molecular complexity index is 566. The molecule has 6 nitrogen and oxygen atoms in total. The number of pyridine rings is 1. The summed E-state index contributed by atoms with van der Waals surface area (Å²) in [5.74, 6) is 0.441. The molecule has 0 aliphatic heterocycles. The van der Waals surface area contributed by atoms with E-state index < -0.39 is 5.97 Å². The Morgan fingerprint density at radius 2 is 2.26 bits per heavy atom. The molecule has 0 unspecified atom stereocenters. The van der Waals surface area contributed by atoms with Gasteiger partial charge in [0.15, 0.2) is 0 Å². The molecule has 0 radical (unpaired) electrons. The maximum absolute atomic E-state index is 10.8. The zero-order chi connectivity index (χ0) is 13.7. The molecule has 2 aromatic heterocycles. The maximum Gasteiger partial charge on any atom is 0.354 e. The van der Waals surface area contributed by atoms with Gasteiger partial charge in [0, 0.05) is 13.0 Å². The number of aromatic carboxylic acids is 1. The predicted octanol–water partition coefficient (Wildman–Crippen LogP) is 1.62. The second-order valence-electron chi connectivity index (χ2n) is 4.00. The number of carbonyl (C=O) groups is 1. The fraction of sp³-hybridized carbons (Fsp3) is 0.308. The minimum absolute atomic E-state index is 0.0451. The lowest BCUT2D eigenvalue weighted by atomic mass is 10.3. The van der Waals surface area contributed by atoms with Gasteiger partial charge in [-0.25, -0.2) is 14.8 Å². The summed E-state index contributed by atoms with van der Waals surface area (Å²) in [7, 11) is 0. The van der Waals surface area contributed by atoms with Crippen molar-refractivity contribution in [2.24, 2.45) is 0 Å². The average Bonchev–Trinajstić information content (AvgIpc) is 2.87. The first-order valence-corrected chi connectivity index (χ1v) is 6.02. The summed E-state index contributed by atoms with van der Waals surface area (Å²) in [5, 5.41) is 11.9. The van der Waals surface area contributed by atoms with Crippen LogP contribution in [0.5, 0.6) is 0 Å². The van der Waals surface area contributed by atoms with E-state index in [9.17, 15) is 4.79 Å². The van der Waals surface area contributed by atoms with Gasteiger partial charge in [0.05, 0.1) is 18.4 Å². The van der Waals surface area contributed by atoms with Crippen molar-refractivity contribution in [2.45, 2.75) is 26.4 Å². The molecule has 0 aliphatic carbocycles. The number of carboxylic acids is 1. The van der Waals surface area contributed by atoms with Crippen LogP contribution in [-0.4, -0.2) is 21.0 Å².